The van der Waals surface area contributed by atoms with Crippen molar-refractivity contribution >= 4 is 23.3 Å². The molecule has 1 aromatic carbocycles. The highest BCUT2D eigenvalue weighted by Gasteiger charge is 2.64. The number of nitrogens with two attached hydrogens (primary N) is 1. The molecule has 3 N–H and O–H groups in total. The van der Waals surface area contributed by atoms with E-state index in [1.165, 1.54) is 0 Å². The summed E-state index contributed by atoms with van der Waals surface area (Å²) in [5.74, 6) is 1.10. The molecule has 0 radical (unpaired) electrons. The van der Waals surface area contributed by atoms with Gasteiger partial charge in [0.25, 0.3) is 5.91 Å². The monoisotopic (exact) mass is 482 g/mol. The van der Waals surface area contributed by atoms with Crippen molar-refractivity contribution in [2.45, 2.75) is 58.7 Å². The molecule has 9 heteroatoms. The average Bonchev–Trinajstić information content (AvgIpc) is 2.81. The van der Waals surface area contributed by atoms with Crippen molar-refractivity contribution in [1.29, 1.82) is 5.26 Å². The first-order chi connectivity index (χ1) is 16.0. The van der Waals surface area contributed by atoms with Gasteiger partial charge in [-0.25, -0.2) is 0 Å². The van der Waals surface area contributed by atoms with E-state index in [9.17, 15) is 4.79 Å². The van der Waals surface area contributed by atoms with Crippen molar-refractivity contribution in [1.82, 2.24) is 15.5 Å². The maximum absolute atomic E-state index is 13.0. The quantitative estimate of drug-likeness (QED) is 0.669. The van der Waals surface area contributed by atoms with Crippen molar-refractivity contribution < 1.29 is 9.53 Å². The average molecular weight is 483 g/mol. The van der Waals surface area contributed by atoms with E-state index in [1.54, 1.807) is 24.3 Å². The Hall–Kier alpha value is -2.89. The van der Waals surface area contributed by atoms with E-state index in [4.69, 9.17) is 27.3 Å². The lowest BCUT2D eigenvalue weighted by Gasteiger charge is -2.63. The highest BCUT2D eigenvalue weighted by atomic mass is 35.5. The van der Waals surface area contributed by atoms with E-state index in [-0.39, 0.29) is 40.6 Å². The largest absolute Gasteiger partial charge is 0.489 e. The minimum absolute atomic E-state index is 0.142. The summed E-state index contributed by atoms with van der Waals surface area (Å²) in [5, 5.41) is 21.0. The number of carbonyl (C=O) groups excluding carboxylic acids is 1. The lowest BCUT2D eigenvalue weighted by Crippen LogP contribution is -2.74. The van der Waals surface area contributed by atoms with Crippen LogP contribution in [0.3, 0.4) is 0 Å². The Morgan fingerprint density at radius 3 is 2.41 bits per heavy atom. The van der Waals surface area contributed by atoms with Gasteiger partial charge in [-0.2, -0.15) is 5.26 Å². The summed E-state index contributed by atoms with van der Waals surface area (Å²) >= 11 is 6.17. The standard InChI is InChI=1S/C25H31ClN6O2/c1-24(2)22(25(3,4)23(24)34-17-6-5-15(14-27)18(26)13-17)29-21(33)19-7-8-20(31-30-19)32-11-9-16(28)10-12-32/h5-8,13,16,22-23H,9-12,28H2,1-4H3,(H,29,33)/t22-,23-. The first-order valence-corrected chi connectivity index (χ1v) is 11.9. The minimum atomic E-state index is -0.348. The number of nitrogens with zero attached hydrogens (tertiary/aromatic N) is 4. The summed E-state index contributed by atoms with van der Waals surface area (Å²) in [6, 6.07) is 10.8. The summed E-state index contributed by atoms with van der Waals surface area (Å²) < 4.78 is 6.28. The molecular weight excluding hydrogens is 452 g/mol. The molecule has 0 bridgehead atoms. The molecule has 4 rings (SSSR count). The molecule has 34 heavy (non-hydrogen) atoms. The van der Waals surface area contributed by atoms with Gasteiger partial charge in [0.15, 0.2) is 11.5 Å². The van der Waals surface area contributed by atoms with Crippen LogP contribution in [0.25, 0.3) is 0 Å². The van der Waals surface area contributed by atoms with E-state index in [0.717, 1.165) is 31.7 Å². The topological polar surface area (TPSA) is 117 Å². The predicted octanol–water partition coefficient (Wildman–Crippen LogP) is 3.54. The smallest absolute Gasteiger partial charge is 0.272 e. The number of nitriles is 1. The number of halogens is 1. The van der Waals surface area contributed by atoms with Crippen LogP contribution in [0.1, 0.15) is 56.6 Å². The van der Waals surface area contributed by atoms with Gasteiger partial charge in [0, 0.05) is 42.1 Å². The van der Waals surface area contributed by atoms with Gasteiger partial charge in [-0.1, -0.05) is 39.3 Å². The third-order valence-corrected chi connectivity index (χ3v) is 7.49. The fourth-order valence-corrected chi connectivity index (χ4v) is 5.76. The van der Waals surface area contributed by atoms with Crippen molar-refractivity contribution in [3.8, 4) is 11.8 Å². The fourth-order valence-electron chi connectivity index (χ4n) is 5.54. The van der Waals surface area contributed by atoms with Crippen LogP contribution in [-0.2, 0) is 0 Å². The number of rotatable bonds is 5. The van der Waals surface area contributed by atoms with Crippen LogP contribution in [0.2, 0.25) is 5.02 Å². The number of ether oxygens (including phenoxy) is 1. The third kappa shape index (κ3) is 4.42. The van der Waals surface area contributed by atoms with Gasteiger partial charge >= 0.3 is 0 Å². The summed E-state index contributed by atoms with van der Waals surface area (Å²) in [4.78, 5) is 15.1. The first kappa shape index (κ1) is 24.2. The molecule has 2 heterocycles. The Kier molecular flexibility index (Phi) is 6.45. The molecule has 0 atom stereocenters. The van der Waals surface area contributed by atoms with Crippen LogP contribution in [0, 0.1) is 22.2 Å². The van der Waals surface area contributed by atoms with Gasteiger partial charge in [-0.05, 0) is 37.1 Å². The maximum Gasteiger partial charge on any atom is 0.272 e. The molecule has 2 aromatic rings. The number of amides is 1. The highest BCUT2D eigenvalue weighted by molar-refractivity contribution is 6.31. The minimum Gasteiger partial charge on any atom is -0.489 e. The lowest BCUT2D eigenvalue weighted by atomic mass is 9.49. The Morgan fingerprint density at radius 1 is 1.18 bits per heavy atom. The van der Waals surface area contributed by atoms with Crippen LogP contribution in [0.5, 0.6) is 5.75 Å². The zero-order chi connectivity index (χ0) is 24.7. The summed E-state index contributed by atoms with van der Waals surface area (Å²) in [7, 11) is 0. The number of anilines is 1. The molecule has 1 aromatic heterocycles. The van der Waals surface area contributed by atoms with Gasteiger partial charge in [-0.15, -0.1) is 10.2 Å². The summed E-state index contributed by atoms with van der Waals surface area (Å²) in [5.41, 5.74) is 5.97. The van der Waals surface area contributed by atoms with Crippen LogP contribution in [0.4, 0.5) is 5.82 Å². The van der Waals surface area contributed by atoms with Crippen LogP contribution < -0.4 is 20.7 Å². The number of hydrogen-bond donors (Lipinski definition) is 2. The van der Waals surface area contributed by atoms with E-state index in [1.807, 2.05) is 6.07 Å². The van der Waals surface area contributed by atoms with Gasteiger partial charge in [-0.3, -0.25) is 4.79 Å². The summed E-state index contributed by atoms with van der Waals surface area (Å²) in [6.45, 7) is 9.95. The number of hydrogen-bond acceptors (Lipinski definition) is 7. The predicted molar refractivity (Wildman–Crippen MR) is 131 cm³/mol. The second-order valence-corrected chi connectivity index (χ2v) is 10.8. The van der Waals surface area contributed by atoms with E-state index >= 15 is 0 Å². The van der Waals surface area contributed by atoms with E-state index in [0.29, 0.717) is 16.3 Å². The van der Waals surface area contributed by atoms with Crippen molar-refractivity contribution in [2.24, 2.45) is 16.6 Å². The Bertz CT molecular complexity index is 1090. The SMILES string of the molecule is CC1(C)[C@H](NC(=O)c2ccc(N3CCC(N)CC3)nn2)C(C)(C)[C@H]1Oc1ccc(C#N)c(Cl)c1. The van der Waals surface area contributed by atoms with Gasteiger partial charge in [0.1, 0.15) is 17.9 Å². The van der Waals surface area contributed by atoms with Crippen molar-refractivity contribution in [2.75, 3.05) is 18.0 Å². The number of benzene rings is 1. The van der Waals surface area contributed by atoms with Gasteiger partial charge in [0.05, 0.1) is 10.6 Å². The Labute approximate surface area is 205 Å². The lowest BCUT2D eigenvalue weighted by molar-refractivity contribution is -0.164. The van der Waals surface area contributed by atoms with Gasteiger partial charge in [0.2, 0.25) is 0 Å². The summed E-state index contributed by atoms with van der Waals surface area (Å²) in [6.07, 6.45) is 1.68. The van der Waals surface area contributed by atoms with Crippen LogP contribution in [0.15, 0.2) is 30.3 Å². The van der Waals surface area contributed by atoms with Gasteiger partial charge < -0.3 is 20.7 Å². The van der Waals surface area contributed by atoms with Crippen LogP contribution >= 0.6 is 11.6 Å². The molecule has 180 valence electrons. The molecule has 8 nitrogen and oxygen atoms in total. The molecule has 0 spiro atoms. The first-order valence-electron chi connectivity index (χ1n) is 11.6. The number of nitrogens with one attached hydrogen (secondary N) is 1. The normalized spacial score (nSPS) is 23.5. The molecule has 1 aliphatic heterocycles. The molecule has 2 aliphatic rings. The second-order valence-electron chi connectivity index (χ2n) is 10.4. The molecule has 1 aliphatic carbocycles. The molecule has 1 amide bonds. The van der Waals surface area contributed by atoms with E-state index < -0.39 is 0 Å². The maximum atomic E-state index is 13.0. The second kappa shape index (κ2) is 9.05. The van der Waals surface area contributed by atoms with Crippen molar-refractivity contribution in [3.63, 3.8) is 0 Å². The molecule has 1 saturated heterocycles. The molecule has 0 unspecified atom stereocenters. The van der Waals surface area contributed by atoms with Crippen LogP contribution in [-0.4, -0.2) is 47.4 Å². The Balaban J connectivity index is 1.42. The molecule has 2 fully saturated rings. The molecular formula is C25H31ClN6O2. The van der Waals surface area contributed by atoms with E-state index in [2.05, 4.69) is 54.2 Å². The molecule has 1 saturated carbocycles. The highest BCUT2D eigenvalue weighted by Crippen LogP contribution is 2.55. The zero-order valence-corrected chi connectivity index (χ0v) is 20.8. The number of aromatic nitrogens is 2. The van der Waals surface area contributed by atoms with Crippen molar-refractivity contribution in [3.05, 3.63) is 46.6 Å². The fraction of sp³-hybridized carbons (Fsp3) is 0.520. The number of piperidine rings is 1. The third-order valence-electron chi connectivity index (χ3n) is 7.18. The zero-order valence-electron chi connectivity index (χ0n) is 20.0. The Morgan fingerprint density at radius 2 is 1.85 bits per heavy atom. The number of carbonyl (C=O) groups is 1.